The number of fused-ring (bicyclic) bond motifs is 1. The molecule has 0 bridgehead atoms. The van der Waals surface area contributed by atoms with Gasteiger partial charge in [-0.15, -0.1) is 0 Å². The van der Waals surface area contributed by atoms with E-state index in [1.807, 2.05) is 29.2 Å². The third-order valence-electron chi connectivity index (χ3n) is 6.90. The van der Waals surface area contributed by atoms with Crippen LogP contribution in [0.5, 0.6) is 5.75 Å². The maximum absolute atomic E-state index is 13.1. The number of piperidine rings is 1. The second-order valence-electron chi connectivity index (χ2n) is 9.59. The molecule has 3 aromatic rings. The minimum absolute atomic E-state index is 0.0983. The highest BCUT2D eigenvalue weighted by atomic mass is 32.1. The van der Waals surface area contributed by atoms with Gasteiger partial charge in [-0.25, -0.2) is 0 Å². The fraction of sp³-hybridized carbons (Fsp3) is 0.500. The molecule has 1 amide bonds. The van der Waals surface area contributed by atoms with Crippen LogP contribution in [0.3, 0.4) is 0 Å². The van der Waals surface area contributed by atoms with E-state index in [0.717, 1.165) is 73.5 Å². The quantitative estimate of drug-likeness (QED) is 0.241. The second kappa shape index (κ2) is 14.3. The summed E-state index contributed by atoms with van der Waals surface area (Å²) in [5.74, 6) is 0.782. The standard InChI is InChI=1S/C28H38N4O4S/c33-24-7-6-23(27-26(24)31-28(35)37-27)10-15-30-16-17-32(20-22-8-13-29-14-9-22)25(34)12-19-36-18-11-21-4-2-1-3-5-21/h1-7,22,29-30,33H,8-20H2,(H,31,35). The fourth-order valence-corrected chi connectivity index (χ4v) is 5.68. The first-order valence-corrected chi connectivity index (χ1v) is 14.1. The van der Waals surface area contributed by atoms with Gasteiger partial charge in [-0.2, -0.15) is 0 Å². The van der Waals surface area contributed by atoms with E-state index >= 15 is 0 Å². The molecule has 4 rings (SSSR count). The van der Waals surface area contributed by atoms with Crippen LogP contribution in [-0.4, -0.2) is 73.4 Å². The molecule has 2 aromatic carbocycles. The molecule has 1 aliphatic heterocycles. The number of hydrogen-bond donors (Lipinski definition) is 4. The zero-order valence-electron chi connectivity index (χ0n) is 21.3. The first kappa shape index (κ1) is 27.3. The van der Waals surface area contributed by atoms with Crippen molar-refractivity contribution in [3.05, 3.63) is 63.3 Å². The number of phenolic OH excluding ortho intramolecular Hbond substituents is 1. The Labute approximate surface area is 222 Å². The molecular weight excluding hydrogens is 488 g/mol. The number of nitrogens with one attached hydrogen (secondary N) is 3. The number of amides is 1. The Bertz CT molecular complexity index is 1170. The van der Waals surface area contributed by atoms with Crippen molar-refractivity contribution in [3.8, 4) is 5.75 Å². The molecule has 200 valence electrons. The van der Waals surface area contributed by atoms with Gasteiger partial charge in [0, 0.05) is 19.6 Å². The Kier molecular flexibility index (Phi) is 10.5. The molecule has 37 heavy (non-hydrogen) atoms. The van der Waals surface area contributed by atoms with E-state index in [4.69, 9.17) is 4.74 Å². The van der Waals surface area contributed by atoms with Crippen LogP contribution in [0.1, 0.15) is 30.4 Å². The number of H-pyrrole nitrogens is 1. The SMILES string of the molecule is O=C(CCOCCc1ccccc1)N(CCNCCc1ccc(O)c2[nH]c(=O)sc12)CC1CCNCC1. The number of nitrogens with zero attached hydrogens (tertiary/aromatic N) is 1. The van der Waals surface area contributed by atoms with Gasteiger partial charge >= 0.3 is 4.87 Å². The molecule has 1 saturated heterocycles. The van der Waals surface area contributed by atoms with Gasteiger partial charge in [-0.3, -0.25) is 9.59 Å². The Morgan fingerprint density at radius 2 is 1.89 bits per heavy atom. The van der Waals surface area contributed by atoms with Crippen molar-refractivity contribution >= 4 is 27.5 Å². The predicted molar refractivity (Wildman–Crippen MR) is 148 cm³/mol. The van der Waals surface area contributed by atoms with E-state index in [0.29, 0.717) is 44.2 Å². The molecule has 0 aliphatic carbocycles. The number of ether oxygens (including phenoxy) is 1. The molecule has 1 aromatic heterocycles. The zero-order chi connectivity index (χ0) is 25.9. The topological polar surface area (TPSA) is 107 Å². The largest absolute Gasteiger partial charge is 0.506 e. The summed E-state index contributed by atoms with van der Waals surface area (Å²) in [6.07, 6.45) is 4.19. The van der Waals surface area contributed by atoms with Crippen LogP contribution in [0.4, 0.5) is 0 Å². The summed E-state index contributed by atoms with van der Waals surface area (Å²) in [4.78, 5) is 29.3. The number of thiazole rings is 1. The summed E-state index contributed by atoms with van der Waals surface area (Å²) >= 11 is 1.13. The minimum Gasteiger partial charge on any atom is -0.506 e. The van der Waals surface area contributed by atoms with Crippen LogP contribution in [0.15, 0.2) is 47.3 Å². The van der Waals surface area contributed by atoms with Gasteiger partial charge in [-0.05, 0) is 68.4 Å². The van der Waals surface area contributed by atoms with Gasteiger partial charge in [0.1, 0.15) is 11.3 Å². The van der Waals surface area contributed by atoms with Gasteiger partial charge in [0.2, 0.25) is 5.91 Å². The van der Waals surface area contributed by atoms with Crippen molar-refractivity contribution in [2.24, 2.45) is 5.92 Å². The van der Waals surface area contributed by atoms with Crippen molar-refractivity contribution in [2.45, 2.75) is 32.1 Å². The number of carbonyl (C=O) groups is 1. The normalized spacial score (nSPS) is 14.3. The Morgan fingerprint density at radius 1 is 1.08 bits per heavy atom. The second-order valence-corrected chi connectivity index (χ2v) is 10.6. The number of rotatable bonds is 14. The third-order valence-corrected chi connectivity index (χ3v) is 7.85. The minimum atomic E-state index is -0.165. The van der Waals surface area contributed by atoms with E-state index in [1.165, 1.54) is 5.56 Å². The maximum atomic E-state index is 13.1. The number of benzene rings is 2. The van der Waals surface area contributed by atoms with Gasteiger partial charge in [0.15, 0.2) is 0 Å². The number of aromatic amines is 1. The third kappa shape index (κ3) is 8.39. The molecule has 0 radical (unpaired) electrons. The van der Waals surface area contributed by atoms with Crippen molar-refractivity contribution in [3.63, 3.8) is 0 Å². The van der Waals surface area contributed by atoms with Crippen LogP contribution in [-0.2, 0) is 22.4 Å². The van der Waals surface area contributed by atoms with Crippen LogP contribution >= 0.6 is 11.3 Å². The molecule has 8 nitrogen and oxygen atoms in total. The summed E-state index contributed by atoms with van der Waals surface area (Å²) in [6, 6.07) is 13.7. The van der Waals surface area contributed by atoms with E-state index in [9.17, 15) is 14.7 Å². The number of hydrogen-bond acceptors (Lipinski definition) is 7. The summed E-state index contributed by atoms with van der Waals surface area (Å²) in [6.45, 7) is 5.98. The average molecular weight is 527 g/mol. The molecule has 0 atom stereocenters. The van der Waals surface area contributed by atoms with Crippen molar-refractivity contribution in [2.75, 3.05) is 52.5 Å². The van der Waals surface area contributed by atoms with Crippen LogP contribution < -0.4 is 15.5 Å². The molecule has 1 aliphatic rings. The van der Waals surface area contributed by atoms with Crippen molar-refractivity contribution < 1.29 is 14.6 Å². The molecule has 2 heterocycles. The van der Waals surface area contributed by atoms with Crippen molar-refractivity contribution in [1.82, 2.24) is 20.5 Å². The van der Waals surface area contributed by atoms with Crippen LogP contribution in [0.2, 0.25) is 0 Å². The highest BCUT2D eigenvalue weighted by Crippen LogP contribution is 2.27. The molecular formula is C28H38N4O4S. The lowest BCUT2D eigenvalue weighted by Gasteiger charge is -2.30. The van der Waals surface area contributed by atoms with Crippen molar-refractivity contribution in [1.29, 1.82) is 0 Å². The Balaban J connectivity index is 1.21. The molecule has 9 heteroatoms. The summed E-state index contributed by atoms with van der Waals surface area (Å²) < 4.78 is 6.58. The van der Waals surface area contributed by atoms with Crippen LogP contribution in [0.25, 0.3) is 10.2 Å². The summed E-state index contributed by atoms with van der Waals surface area (Å²) in [7, 11) is 0. The first-order valence-electron chi connectivity index (χ1n) is 13.2. The first-order chi connectivity index (χ1) is 18.1. The summed E-state index contributed by atoms with van der Waals surface area (Å²) in [5, 5.41) is 16.8. The van der Waals surface area contributed by atoms with Crippen LogP contribution in [0, 0.1) is 5.92 Å². The molecule has 0 saturated carbocycles. The number of aromatic hydroxyl groups is 1. The predicted octanol–water partition coefficient (Wildman–Crippen LogP) is 2.90. The Hall–Kier alpha value is -2.72. The fourth-order valence-electron chi connectivity index (χ4n) is 4.78. The average Bonchev–Trinajstić information content (AvgIpc) is 3.32. The number of aromatic nitrogens is 1. The Morgan fingerprint density at radius 3 is 2.70 bits per heavy atom. The van der Waals surface area contributed by atoms with Gasteiger partial charge < -0.3 is 30.4 Å². The lowest BCUT2D eigenvalue weighted by molar-refractivity contribution is -0.133. The lowest BCUT2D eigenvalue weighted by atomic mass is 9.97. The molecule has 0 unspecified atom stereocenters. The highest BCUT2D eigenvalue weighted by molar-refractivity contribution is 7.16. The molecule has 0 spiro atoms. The van der Waals surface area contributed by atoms with Gasteiger partial charge in [0.05, 0.1) is 24.3 Å². The maximum Gasteiger partial charge on any atom is 0.305 e. The highest BCUT2D eigenvalue weighted by Gasteiger charge is 2.20. The van der Waals surface area contributed by atoms with E-state index < -0.39 is 0 Å². The number of carbonyl (C=O) groups excluding carboxylic acids is 1. The molecule has 4 N–H and O–H groups in total. The zero-order valence-corrected chi connectivity index (χ0v) is 22.2. The smallest absolute Gasteiger partial charge is 0.305 e. The lowest BCUT2D eigenvalue weighted by Crippen LogP contribution is -2.42. The summed E-state index contributed by atoms with van der Waals surface area (Å²) in [5.41, 5.74) is 2.78. The number of phenols is 1. The van der Waals surface area contributed by atoms with Gasteiger partial charge in [0.25, 0.3) is 0 Å². The van der Waals surface area contributed by atoms with Gasteiger partial charge in [-0.1, -0.05) is 47.7 Å². The molecule has 1 fully saturated rings. The van der Waals surface area contributed by atoms with E-state index in [2.05, 4.69) is 27.8 Å². The van der Waals surface area contributed by atoms with E-state index in [-0.39, 0.29) is 16.5 Å². The monoisotopic (exact) mass is 526 g/mol. The van der Waals surface area contributed by atoms with E-state index in [1.54, 1.807) is 6.07 Å².